The minimum atomic E-state index is -4.69. The number of halogens is 3. The number of aromatic nitrogens is 1. The van der Waals surface area contributed by atoms with Gasteiger partial charge in [-0.15, -0.1) is 0 Å². The van der Waals surface area contributed by atoms with Gasteiger partial charge in [-0.1, -0.05) is 29.5 Å². The summed E-state index contributed by atoms with van der Waals surface area (Å²) < 4.78 is 50.9. The number of H-pyrrole nitrogens is 1. The molecule has 0 radical (unpaired) electrons. The summed E-state index contributed by atoms with van der Waals surface area (Å²) in [5, 5.41) is 9.67. The van der Waals surface area contributed by atoms with E-state index in [2.05, 4.69) is 9.72 Å². The van der Waals surface area contributed by atoms with Gasteiger partial charge in [-0.3, -0.25) is 14.6 Å². The van der Waals surface area contributed by atoms with Gasteiger partial charge >= 0.3 is 17.0 Å². The number of rotatable bonds is 7. The molecule has 1 unspecified atom stereocenters. The molecule has 2 aromatic carbocycles. The Morgan fingerprint density at radius 2 is 1.84 bits per heavy atom. The summed E-state index contributed by atoms with van der Waals surface area (Å²) in [7, 11) is 1.23. The monoisotopic (exact) mass is 468 g/mol. The maximum Gasteiger partial charge on any atom is 0.419 e. The lowest BCUT2D eigenvalue weighted by atomic mass is 10.1. The average Bonchev–Trinajstić information content (AvgIpc) is 3.05. The van der Waals surface area contributed by atoms with Crippen molar-refractivity contribution >= 4 is 17.3 Å². The van der Waals surface area contributed by atoms with E-state index in [1.165, 1.54) is 31.4 Å². The zero-order valence-electron chi connectivity index (χ0n) is 16.7. The normalized spacial score (nSPS) is 12.4. The van der Waals surface area contributed by atoms with Gasteiger partial charge in [-0.05, 0) is 41.8 Å². The number of carbonyl (C=O) groups excluding carboxylic acids is 1. The maximum absolute atomic E-state index is 13.6. The van der Waals surface area contributed by atoms with E-state index >= 15 is 0 Å². The van der Waals surface area contributed by atoms with Crippen LogP contribution in [0.5, 0.6) is 17.4 Å². The summed E-state index contributed by atoms with van der Waals surface area (Å²) in [5.74, 6) is -1.16. The van der Waals surface area contributed by atoms with E-state index in [4.69, 9.17) is 10.5 Å². The van der Waals surface area contributed by atoms with Crippen LogP contribution in [0.3, 0.4) is 0 Å². The van der Waals surface area contributed by atoms with E-state index in [1.54, 1.807) is 12.1 Å². The lowest BCUT2D eigenvalue weighted by molar-refractivity contribution is -0.142. The lowest BCUT2D eigenvalue weighted by Crippen LogP contribution is -2.33. The van der Waals surface area contributed by atoms with Crippen molar-refractivity contribution in [3.8, 4) is 17.4 Å². The first kappa shape index (κ1) is 23.4. The number of aromatic amines is 1. The third-order valence-electron chi connectivity index (χ3n) is 4.53. The number of hydrogen-bond donors (Lipinski definition) is 3. The molecule has 11 heteroatoms. The molecular formula is C21H19F3N2O5S. The van der Waals surface area contributed by atoms with Gasteiger partial charge in [0, 0.05) is 6.42 Å². The number of nitrogens with two attached hydrogens (primary N) is 1. The van der Waals surface area contributed by atoms with Crippen LogP contribution in [0.1, 0.15) is 21.6 Å². The highest BCUT2D eigenvalue weighted by atomic mass is 32.1. The molecule has 3 aromatic rings. The van der Waals surface area contributed by atoms with Crippen LogP contribution in [0.2, 0.25) is 0 Å². The van der Waals surface area contributed by atoms with Gasteiger partial charge in [0.1, 0.15) is 17.5 Å². The fourth-order valence-electron chi connectivity index (χ4n) is 2.96. The Kier molecular flexibility index (Phi) is 6.90. The van der Waals surface area contributed by atoms with Crippen molar-refractivity contribution in [2.24, 2.45) is 5.73 Å². The second kappa shape index (κ2) is 9.45. The van der Waals surface area contributed by atoms with Crippen LogP contribution >= 0.6 is 11.3 Å². The van der Waals surface area contributed by atoms with Crippen LogP contribution in [-0.2, 0) is 28.5 Å². The predicted octanol–water partition coefficient (Wildman–Crippen LogP) is 3.59. The molecule has 32 heavy (non-hydrogen) atoms. The molecule has 0 fully saturated rings. The minimum Gasteiger partial charge on any atom is -0.494 e. The van der Waals surface area contributed by atoms with Crippen molar-refractivity contribution < 1.29 is 32.5 Å². The summed E-state index contributed by atoms with van der Waals surface area (Å²) in [6, 6.07) is 8.82. The number of thiazole rings is 1. The predicted molar refractivity (Wildman–Crippen MR) is 111 cm³/mol. The third-order valence-corrected chi connectivity index (χ3v) is 5.40. The van der Waals surface area contributed by atoms with Crippen molar-refractivity contribution in [1.29, 1.82) is 0 Å². The first-order chi connectivity index (χ1) is 15.1. The largest absolute Gasteiger partial charge is 0.494 e. The summed E-state index contributed by atoms with van der Waals surface area (Å²) in [6.45, 7) is 0. The SMILES string of the molecule is COC(=O)C(N)Cc1ccc(Oc2ccc(Cc3sc(=O)[nH]c3O)cc2C(F)(F)F)cc1. The summed E-state index contributed by atoms with van der Waals surface area (Å²) in [4.78, 5) is 24.6. The molecule has 0 saturated carbocycles. The Hall–Kier alpha value is -3.31. The minimum absolute atomic E-state index is 0.0479. The second-order valence-corrected chi connectivity index (χ2v) is 7.94. The number of hydrogen-bond acceptors (Lipinski definition) is 7. The third kappa shape index (κ3) is 5.68. The standard InChI is InChI=1S/C21H19F3N2O5S/c1-30-19(28)15(25)9-11-2-5-13(6-3-11)31-16-7-4-12(8-14(16)21(22,23)24)10-17-18(27)26-20(29)32-17/h2-8,15,27H,9-10,25H2,1H3,(H,26,29). The highest BCUT2D eigenvalue weighted by molar-refractivity contribution is 7.09. The fourth-order valence-corrected chi connectivity index (χ4v) is 3.72. The van der Waals surface area contributed by atoms with Crippen LogP contribution in [0.25, 0.3) is 0 Å². The first-order valence-electron chi connectivity index (χ1n) is 9.28. The van der Waals surface area contributed by atoms with Gasteiger partial charge in [0.25, 0.3) is 0 Å². The van der Waals surface area contributed by atoms with Crippen molar-refractivity contribution in [1.82, 2.24) is 4.98 Å². The number of alkyl halides is 3. The summed E-state index contributed by atoms with van der Waals surface area (Å²) in [6.07, 6.45) is -4.53. The second-order valence-electron chi connectivity index (χ2n) is 6.87. The van der Waals surface area contributed by atoms with Gasteiger partial charge in [0.2, 0.25) is 5.88 Å². The highest BCUT2D eigenvalue weighted by Crippen LogP contribution is 2.39. The maximum atomic E-state index is 13.6. The van der Waals surface area contributed by atoms with E-state index in [0.717, 1.165) is 17.4 Å². The Labute approximate surface area is 184 Å². The number of nitrogens with one attached hydrogen (secondary N) is 1. The van der Waals surface area contributed by atoms with Gasteiger partial charge in [-0.25, -0.2) is 0 Å². The van der Waals surface area contributed by atoms with Crippen molar-refractivity contribution in [2.75, 3.05) is 7.11 Å². The number of esters is 1. The van der Waals surface area contributed by atoms with E-state index < -0.39 is 34.4 Å². The Morgan fingerprint density at radius 1 is 1.19 bits per heavy atom. The van der Waals surface area contributed by atoms with Crippen LogP contribution in [0.4, 0.5) is 13.2 Å². The lowest BCUT2D eigenvalue weighted by Gasteiger charge is -2.15. The van der Waals surface area contributed by atoms with Crippen LogP contribution in [-0.4, -0.2) is 29.2 Å². The Morgan fingerprint density at radius 3 is 2.41 bits per heavy atom. The molecule has 0 spiro atoms. The van der Waals surface area contributed by atoms with E-state index in [1.807, 2.05) is 0 Å². The van der Waals surface area contributed by atoms with Crippen molar-refractivity contribution in [3.63, 3.8) is 0 Å². The van der Waals surface area contributed by atoms with E-state index in [-0.39, 0.29) is 34.9 Å². The first-order valence-corrected chi connectivity index (χ1v) is 10.1. The fraction of sp³-hybridized carbons (Fsp3) is 0.238. The van der Waals surface area contributed by atoms with Crippen LogP contribution in [0.15, 0.2) is 47.3 Å². The number of ether oxygens (including phenoxy) is 2. The van der Waals surface area contributed by atoms with Gasteiger partial charge in [0.15, 0.2) is 0 Å². The molecule has 0 bridgehead atoms. The molecule has 170 valence electrons. The molecule has 0 saturated heterocycles. The molecule has 0 aliphatic rings. The number of carbonyl (C=O) groups is 1. The van der Waals surface area contributed by atoms with E-state index in [0.29, 0.717) is 5.56 Å². The molecule has 0 amide bonds. The molecule has 1 aromatic heterocycles. The van der Waals surface area contributed by atoms with Crippen LogP contribution in [0, 0.1) is 0 Å². The van der Waals surface area contributed by atoms with Gasteiger partial charge in [-0.2, -0.15) is 13.2 Å². The Balaban J connectivity index is 1.80. The molecule has 4 N–H and O–H groups in total. The molecule has 1 heterocycles. The Bertz CT molecular complexity index is 1160. The quantitative estimate of drug-likeness (QED) is 0.457. The number of aromatic hydroxyl groups is 1. The number of benzene rings is 2. The summed E-state index contributed by atoms with van der Waals surface area (Å²) >= 11 is 0.726. The molecule has 7 nitrogen and oxygen atoms in total. The summed E-state index contributed by atoms with van der Waals surface area (Å²) in [5.41, 5.74) is 5.65. The average molecular weight is 468 g/mol. The van der Waals surface area contributed by atoms with Gasteiger partial charge < -0.3 is 20.3 Å². The molecular weight excluding hydrogens is 449 g/mol. The topological polar surface area (TPSA) is 115 Å². The zero-order valence-corrected chi connectivity index (χ0v) is 17.5. The number of methoxy groups -OCH3 is 1. The molecule has 1 atom stereocenters. The van der Waals surface area contributed by atoms with Crippen LogP contribution < -0.4 is 15.3 Å². The molecule has 0 aliphatic carbocycles. The molecule has 0 aliphatic heterocycles. The highest BCUT2D eigenvalue weighted by Gasteiger charge is 2.35. The molecule has 3 rings (SSSR count). The van der Waals surface area contributed by atoms with E-state index in [9.17, 15) is 27.9 Å². The van der Waals surface area contributed by atoms with Crippen molar-refractivity contribution in [3.05, 3.63) is 73.7 Å². The zero-order chi connectivity index (χ0) is 23.5. The smallest absolute Gasteiger partial charge is 0.419 e. The van der Waals surface area contributed by atoms with Gasteiger partial charge in [0.05, 0.1) is 17.6 Å². The van der Waals surface area contributed by atoms with Crippen molar-refractivity contribution in [2.45, 2.75) is 25.1 Å².